The van der Waals surface area contributed by atoms with Crippen molar-refractivity contribution in [2.24, 2.45) is 0 Å². The van der Waals surface area contributed by atoms with Gasteiger partial charge in [0.05, 0.1) is 6.61 Å². The Morgan fingerprint density at radius 1 is 1.81 bits per heavy atom. The number of carbonyl (C=O) groups is 1. The number of thiazole rings is 1. The highest BCUT2D eigenvalue weighted by Crippen LogP contribution is 2.16. The van der Waals surface area contributed by atoms with E-state index in [1.807, 2.05) is 6.92 Å². The summed E-state index contributed by atoms with van der Waals surface area (Å²) in [6, 6.07) is 1.76. The van der Waals surface area contributed by atoms with Crippen molar-refractivity contribution in [1.82, 2.24) is 4.98 Å². The van der Waals surface area contributed by atoms with E-state index in [1.54, 1.807) is 19.2 Å². The first kappa shape index (κ1) is 12.2. The van der Waals surface area contributed by atoms with Crippen molar-refractivity contribution in [3.8, 4) is 6.07 Å². The zero-order valence-electron chi connectivity index (χ0n) is 8.98. The molecule has 0 saturated carbocycles. The summed E-state index contributed by atoms with van der Waals surface area (Å²) >= 11 is 1.44. The first-order chi connectivity index (χ1) is 7.67. The van der Waals surface area contributed by atoms with Crippen LogP contribution in [-0.4, -0.2) is 17.6 Å². The van der Waals surface area contributed by atoms with Crippen LogP contribution in [0.5, 0.6) is 0 Å². The van der Waals surface area contributed by atoms with E-state index in [4.69, 9.17) is 10.00 Å². The lowest BCUT2D eigenvalue weighted by atomic mass is 10.3. The summed E-state index contributed by atoms with van der Waals surface area (Å²) in [5.74, 6) is -0.634. The number of nitriles is 1. The van der Waals surface area contributed by atoms with E-state index >= 15 is 0 Å². The van der Waals surface area contributed by atoms with Crippen LogP contribution in [0.3, 0.4) is 0 Å². The quantitative estimate of drug-likeness (QED) is 0.491. The average molecular weight is 237 g/mol. The lowest BCUT2D eigenvalue weighted by Gasteiger charge is -1.99. The summed E-state index contributed by atoms with van der Waals surface area (Å²) < 4.78 is 4.70. The first-order valence-electron chi connectivity index (χ1n) is 4.63. The third-order valence-corrected chi connectivity index (χ3v) is 2.42. The molecular formula is C10H11N3O2S. The Morgan fingerprint density at radius 2 is 2.56 bits per heavy atom. The molecule has 16 heavy (non-hydrogen) atoms. The fourth-order valence-electron chi connectivity index (χ4n) is 0.901. The van der Waals surface area contributed by atoms with Gasteiger partial charge in [-0.3, -0.25) is 0 Å². The van der Waals surface area contributed by atoms with E-state index in [1.165, 1.54) is 17.5 Å². The van der Waals surface area contributed by atoms with Gasteiger partial charge in [0.15, 0.2) is 10.7 Å². The maximum Gasteiger partial charge on any atom is 0.350 e. The molecule has 0 aliphatic rings. The number of hydrogen-bond acceptors (Lipinski definition) is 6. The molecule has 0 spiro atoms. The van der Waals surface area contributed by atoms with Crippen LogP contribution < -0.4 is 5.32 Å². The van der Waals surface area contributed by atoms with Gasteiger partial charge in [-0.05, 0) is 13.8 Å². The number of nitrogens with one attached hydrogen (secondary N) is 1. The van der Waals surface area contributed by atoms with Crippen LogP contribution in [0.15, 0.2) is 18.0 Å². The maximum atomic E-state index is 11.2. The number of nitrogens with zero attached hydrogens (tertiary/aromatic N) is 2. The summed E-state index contributed by atoms with van der Waals surface area (Å²) in [5, 5.41) is 12.1. The Morgan fingerprint density at radius 3 is 3.06 bits per heavy atom. The van der Waals surface area contributed by atoms with E-state index in [-0.39, 0.29) is 12.2 Å². The monoisotopic (exact) mass is 237 g/mol. The van der Waals surface area contributed by atoms with E-state index in [0.29, 0.717) is 5.13 Å². The highest BCUT2D eigenvalue weighted by Gasteiger charge is 2.09. The lowest BCUT2D eigenvalue weighted by molar-refractivity contribution is -0.138. The summed E-state index contributed by atoms with van der Waals surface area (Å²) in [6.45, 7) is 3.85. The number of hydrogen-bond donors (Lipinski definition) is 1. The predicted octanol–water partition coefficient (Wildman–Crippen LogP) is 1.83. The van der Waals surface area contributed by atoms with Gasteiger partial charge in [-0.2, -0.15) is 5.26 Å². The largest absolute Gasteiger partial charge is 0.462 e. The molecule has 0 amide bonds. The molecule has 0 atom stereocenters. The molecule has 0 radical (unpaired) electrons. The van der Waals surface area contributed by atoms with Crippen molar-refractivity contribution in [2.75, 3.05) is 11.9 Å². The van der Waals surface area contributed by atoms with E-state index in [0.717, 1.165) is 4.88 Å². The van der Waals surface area contributed by atoms with E-state index in [2.05, 4.69) is 10.3 Å². The fraction of sp³-hybridized carbons (Fsp3) is 0.300. The molecule has 1 aromatic rings. The van der Waals surface area contributed by atoms with Crippen molar-refractivity contribution >= 4 is 22.4 Å². The molecule has 0 bridgehead atoms. The smallest absolute Gasteiger partial charge is 0.350 e. The summed E-state index contributed by atoms with van der Waals surface area (Å²) in [4.78, 5) is 16.3. The van der Waals surface area contributed by atoms with Crippen LogP contribution in [0.1, 0.15) is 11.8 Å². The van der Waals surface area contributed by atoms with Crippen molar-refractivity contribution in [2.45, 2.75) is 13.8 Å². The second-order valence-corrected chi connectivity index (χ2v) is 4.05. The lowest BCUT2D eigenvalue weighted by Crippen LogP contribution is -2.07. The number of aromatic nitrogens is 1. The zero-order valence-corrected chi connectivity index (χ0v) is 9.80. The van der Waals surface area contributed by atoms with Gasteiger partial charge in [-0.1, -0.05) is 0 Å². The molecular weight excluding hydrogens is 226 g/mol. The highest BCUT2D eigenvalue weighted by molar-refractivity contribution is 7.15. The van der Waals surface area contributed by atoms with Crippen molar-refractivity contribution in [3.63, 3.8) is 0 Å². The molecule has 1 aromatic heterocycles. The second-order valence-electron chi connectivity index (χ2n) is 2.81. The normalized spacial score (nSPS) is 10.7. The Bertz CT molecular complexity index is 445. The number of ether oxygens (including phenoxy) is 1. The number of rotatable bonds is 4. The highest BCUT2D eigenvalue weighted by atomic mass is 32.1. The van der Waals surface area contributed by atoms with Crippen LogP contribution in [0.4, 0.5) is 5.13 Å². The van der Waals surface area contributed by atoms with Gasteiger partial charge in [0, 0.05) is 17.3 Å². The Balaban J connectivity index is 2.67. The molecule has 1 heterocycles. The van der Waals surface area contributed by atoms with Gasteiger partial charge in [0.25, 0.3) is 0 Å². The van der Waals surface area contributed by atoms with Crippen LogP contribution in [0.25, 0.3) is 0 Å². The average Bonchev–Trinajstić information content (AvgIpc) is 2.65. The van der Waals surface area contributed by atoms with Crippen LogP contribution in [0.2, 0.25) is 0 Å². The van der Waals surface area contributed by atoms with Gasteiger partial charge in [0.1, 0.15) is 6.07 Å². The minimum atomic E-state index is -0.634. The number of anilines is 1. The molecule has 0 saturated heterocycles. The molecule has 1 N–H and O–H groups in total. The van der Waals surface area contributed by atoms with Gasteiger partial charge < -0.3 is 10.1 Å². The molecule has 84 valence electrons. The maximum absolute atomic E-state index is 11.2. The molecule has 0 aliphatic carbocycles. The minimum Gasteiger partial charge on any atom is -0.462 e. The van der Waals surface area contributed by atoms with Gasteiger partial charge in [-0.25, -0.2) is 9.78 Å². The predicted molar refractivity (Wildman–Crippen MR) is 60.8 cm³/mol. The zero-order chi connectivity index (χ0) is 12.0. The van der Waals surface area contributed by atoms with Crippen molar-refractivity contribution < 1.29 is 9.53 Å². The third kappa shape index (κ3) is 3.37. The molecule has 6 heteroatoms. The van der Waals surface area contributed by atoms with Gasteiger partial charge in [-0.15, -0.1) is 11.3 Å². The van der Waals surface area contributed by atoms with Crippen molar-refractivity contribution in [1.29, 1.82) is 5.26 Å². The van der Waals surface area contributed by atoms with Crippen molar-refractivity contribution in [3.05, 3.63) is 22.8 Å². The molecule has 0 unspecified atom stereocenters. The SMILES string of the molecule is CCOC(=O)/C(C#N)=C/Nc1ncc(C)s1. The summed E-state index contributed by atoms with van der Waals surface area (Å²) in [6.07, 6.45) is 3.01. The van der Waals surface area contributed by atoms with Crippen LogP contribution in [0, 0.1) is 18.3 Å². The van der Waals surface area contributed by atoms with Gasteiger partial charge in [0.2, 0.25) is 0 Å². The Labute approximate surface area is 97.4 Å². The first-order valence-corrected chi connectivity index (χ1v) is 5.45. The van der Waals surface area contributed by atoms with E-state index < -0.39 is 5.97 Å². The van der Waals surface area contributed by atoms with Crippen LogP contribution in [-0.2, 0) is 9.53 Å². The Kier molecular flexibility index (Phi) is 4.48. The van der Waals surface area contributed by atoms with E-state index in [9.17, 15) is 4.79 Å². The van der Waals surface area contributed by atoms with Gasteiger partial charge >= 0.3 is 5.97 Å². The molecule has 5 nitrogen and oxygen atoms in total. The molecule has 1 rings (SSSR count). The number of carbonyl (C=O) groups excluding carboxylic acids is 1. The number of aryl methyl sites for hydroxylation is 1. The number of esters is 1. The fourth-order valence-corrected chi connectivity index (χ4v) is 1.53. The molecule has 0 aliphatic heterocycles. The topological polar surface area (TPSA) is 75.0 Å². The Hall–Kier alpha value is -1.87. The summed E-state index contributed by atoms with van der Waals surface area (Å²) in [5.41, 5.74) is -0.0743. The molecule has 0 aromatic carbocycles. The standard InChI is InChI=1S/C10H11N3O2S/c1-3-15-9(14)8(4-11)6-13-10-12-5-7(2)16-10/h5-6H,3H2,1-2H3,(H,12,13)/b8-6+. The summed E-state index contributed by atoms with van der Waals surface area (Å²) in [7, 11) is 0. The molecule has 0 fully saturated rings. The third-order valence-electron chi connectivity index (χ3n) is 1.58. The second kappa shape index (κ2) is 5.88. The minimum absolute atomic E-state index is 0.0743. The van der Waals surface area contributed by atoms with Crippen LogP contribution >= 0.6 is 11.3 Å².